The minimum atomic E-state index is 0.468. The van der Waals surface area contributed by atoms with Crippen molar-refractivity contribution in [3.63, 3.8) is 0 Å². The van der Waals surface area contributed by atoms with Crippen LogP contribution in [0.15, 0.2) is 64.2 Å². The Morgan fingerprint density at radius 1 is 1.00 bits per heavy atom. The van der Waals surface area contributed by atoms with Gasteiger partial charge in [-0.1, -0.05) is 42.1 Å². The van der Waals surface area contributed by atoms with E-state index in [0.29, 0.717) is 23.5 Å². The minimum absolute atomic E-state index is 0.468. The van der Waals surface area contributed by atoms with Gasteiger partial charge in [0.05, 0.1) is 19.3 Å². The largest absolute Gasteiger partial charge is 0.496 e. The maximum atomic E-state index is 5.70. The predicted molar refractivity (Wildman–Crippen MR) is 93.6 cm³/mol. The van der Waals surface area contributed by atoms with Crippen molar-refractivity contribution in [3.8, 4) is 23.0 Å². The standard InChI is InChI=1S/C18H18N2O3S/c1-21-16-11-6-5-10-15(16)17-19-20-18(23-17)24-13-7-12-22-14-8-3-2-4-9-14/h2-6,8-11H,7,12-13H2,1H3. The number of thioether (sulfide) groups is 1. The van der Waals surface area contributed by atoms with Crippen molar-refractivity contribution in [1.82, 2.24) is 10.2 Å². The number of rotatable bonds is 8. The highest BCUT2D eigenvalue weighted by Gasteiger charge is 2.13. The molecule has 3 aromatic rings. The van der Waals surface area contributed by atoms with Gasteiger partial charge in [0.2, 0.25) is 0 Å². The Hall–Kier alpha value is -2.47. The third-order valence-corrected chi connectivity index (χ3v) is 4.17. The molecular formula is C18H18N2O3S. The van der Waals surface area contributed by atoms with Crippen molar-refractivity contribution in [2.45, 2.75) is 11.6 Å². The first-order chi connectivity index (χ1) is 11.9. The molecule has 1 heterocycles. The molecule has 0 saturated heterocycles. The third kappa shape index (κ3) is 4.29. The Morgan fingerprint density at radius 3 is 2.62 bits per heavy atom. The molecule has 0 N–H and O–H groups in total. The molecule has 0 amide bonds. The van der Waals surface area contributed by atoms with Gasteiger partial charge in [0.25, 0.3) is 11.1 Å². The lowest BCUT2D eigenvalue weighted by Crippen LogP contribution is -1.98. The van der Waals surface area contributed by atoms with E-state index in [0.717, 1.165) is 23.5 Å². The molecule has 0 aliphatic heterocycles. The first-order valence-corrected chi connectivity index (χ1v) is 8.63. The molecule has 24 heavy (non-hydrogen) atoms. The zero-order valence-electron chi connectivity index (χ0n) is 13.3. The zero-order valence-corrected chi connectivity index (χ0v) is 14.2. The van der Waals surface area contributed by atoms with E-state index in [1.54, 1.807) is 7.11 Å². The monoisotopic (exact) mass is 342 g/mol. The molecule has 0 aliphatic carbocycles. The van der Waals surface area contributed by atoms with Crippen molar-refractivity contribution in [1.29, 1.82) is 0 Å². The van der Waals surface area contributed by atoms with Crippen molar-refractivity contribution < 1.29 is 13.9 Å². The lowest BCUT2D eigenvalue weighted by Gasteiger charge is -2.04. The Morgan fingerprint density at radius 2 is 1.79 bits per heavy atom. The number of aromatic nitrogens is 2. The van der Waals surface area contributed by atoms with E-state index in [4.69, 9.17) is 13.9 Å². The fourth-order valence-corrected chi connectivity index (χ4v) is 2.80. The molecule has 0 unspecified atom stereocenters. The SMILES string of the molecule is COc1ccccc1-c1nnc(SCCCOc2ccccc2)o1. The number of hydrogen-bond donors (Lipinski definition) is 0. The van der Waals surface area contributed by atoms with Crippen LogP contribution < -0.4 is 9.47 Å². The molecule has 0 spiro atoms. The van der Waals surface area contributed by atoms with Crippen LogP contribution in [0.1, 0.15) is 6.42 Å². The number of benzene rings is 2. The minimum Gasteiger partial charge on any atom is -0.496 e. The van der Waals surface area contributed by atoms with Crippen LogP contribution in [-0.2, 0) is 0 Å². The second kappa shape index (κ2) is 8.40. The van der Waals surface area contributed by atoms with Crippen LogP contribution in [0.4, 0.5) is 0 Å². The summed E-state index contributed by atoms with van der Waals surface area (Å²) >= 11 is 1.52. The average molecular weight is 342 g/mol. The van der Waals surface area contributed by atoms with Gasteiger partial charge >= 0.3 is 0 Å². The number of nitrogens with zero attached hydrogens (tertiary/aromatic N) is 2. The van der Waals surface area contributed by atoms with Crippen LogP contribution in [0, 0.1) is 0 Å². The van der Waals surface area contributed by atoms with Crippen molar-refractivity contribution in [3.05, 3.63) is 54.6 Å². The molecule has 0 aliphatic rings. The number of para-hydroxylation sites is 2. The van der Waals surface area contributed by atoms with Gasteiger partial charge in [0.1, 0.15) is 11.5 Å². The topological polar surface area (TPSA) is 57.4 Å². The highest BCUT2D eigenvalue weighted by atomic mass is 32.2. The summed E-state index contributed by atoms with van der Waals surface area (Å²) in [6.07, 6.45) is 0.895. The molecule has 3 rings (SSSR count). The van der Waals surface area contributed by atoms with Crippen LogP contribution in [0.3, 0.4) is 0 Å². The van der Waals surface area contributed by atoms with Gasteiger partial charge in [-0.15, -0.1) is 10.2 Å². The first kappa shape index (κ1) is 16.4. The smallest absolute Gasteiger partial charge is 0.276 e. The van der Waals surface area contributed by atoms with Crippen LogP contribution in [0.25, 0.3) is 11.5 Å². The van der Waals surface area contributed by atoms with Gasteiger partial charge in [-0.2, -0.15) is 0 Å². The zero-order chi connectivity index (χ0) is 16.6. The summed E-state index contributed by atoms with van der Waals surface area (Å²) in [6, 6.07) is 17.4. The molecule has 0 atom stereocenters. The molecular weight excluding hydrogens is 324 g/mol. The number of hydrogen-bond acceptors (Lipinski definition) is 6. The van der Waals surface area contributed by atoms with Crippen molar-refractivity contribution in [2.75, 3.05) is 19.5 Å². The van der Waals surface area contributed by atoms with E-state index in [2.05, 4.69) is 10.2 Å². The lowest BCUT2D eigenvalue weighted by atomic mass is 10.2. The third-order valence-electron chi connectivity index (χ3n) is 3.27. The fourth-order valence-electron chi connectivity index (χ4n) is 2.12. The van der Waals surface area contributed by atoms with Gasteiger partial charge in [0, 0.05) is 5.75 Å². The molecule has 0 radical (unpaired) electrons. The molecule has 2 aromatic carbocycles. The first-order valence-electron chi connectivity index (χ1n) is 7.64. The summed E-state index contributed by atoms with van der Waals surface area (Å²) in [6.45, 7) is 0.657. The average Bonchev–Trinajstić information content (AvgIpc) is 3.11. The van der Waals surface area contributed by atoms with Crippen molar-refractivity contribution >= 4 is 11.8 Å². The second-order valence-corrected chi connectivity index (χ2v) is 5.98. The summed E-state index contributed by atoms with van der Waals surface area (Å²) in [5.74, 6) is 2.92. The number of methoxy groups -OCH3 is 1. The summed E-state index contributed by atoms with van der Waals surface area (Å²) in [4.78, 5) is 0. The lowest BCUT2D eigenvalue weighted by molar-refractivity contribution is 0.318. The van der Waals surface area contributed by atoms with E-state index in [-0.39, 0.29) is 0 Å². The molecule has 0 saturated carbocycles. The van der Waals surface area contributed by atoms with Crippen LogP contribution in [-0.4, -0.2) is 29.7 Å². The predicted octanol–water partition coefficient (Wildman–Crippen LogP) is 4.31. The van der Waals surface area contributed by atoms with Crippen LogP contribution in [0.2, 0.25) is 0 Å². The summed E-state index contributed by atoms with van der Waals surface area (Å²) < 4.78 is 16.7. The Balaban J connectivity index is 1.48. The molecule has 124 valence electrons. The van der Waals surface area contributed by atoms with E-state index < -0.39 is 0 Å². The normalized spacial score (nSPS) is 10.5. The van der Waals surface area contributed by atoms with Gasteiger partial charge < -0.3 is 13.9 Å². The maximum Gasteiger partial charge on any atom is 0.276 e. The fraction of sp³-hybridized carbons (Fsp3) is 0.222. The summed E-state index contributed by atoms with van der Waals surface area (Å²) in [5.41, 5.74) is 0.798. The van der Waals surface area contributed by atoms with E-state index in [1.165, 1.54) is 11.8 Å². The van der Waals surface area contributed by atoms with E-state index >= 15 is 0 Å². The van der Waals surface area contributed by atoms with Crippen molar-refractivity contribution in [2.24, 2.45) is 0 Å². The van der Waals surface area contributed by atoms with Gasteiger partial charge in [-0.3, -0.25) is 0 Å². The summed E-state index contributed by atoms with van der Waals surface area (Å²) in [5, 5.41) is 8.72. The van der Waals surface area contributed by atoms with Crippen LogP contribution >= 0.6 is 11.8 Å². The molecule has 0 bridgehead atoms. The van der Waals surface area contributed by atoms with E-state index in [9.17, 15) is 0 Å². The molecule has 0 fully saturated rings. The molecule has 1 aromatic heterocycles. The maximum absolute atomic E-state index is 5.70. The quantitative estimate of drug-likeness (QED) is 0.449. The molecule has 5 nitrogen and oxygen atoms in total. The highest BCUT2D eigenvalue weighted by Crippen LogP contribution is 2.30. The number of ether oxygens (including phenoxy) is 2. The Bertz CT molecular complexity index is 762. The van der Waals surface area contributed by atoms with Gasteiger partial charge in [-0.05, 0) is 30.7 Å². The Kier molecular flexibility index (Phi) is 5.74. The highest BCUT2D eigenvalue weighted by molar-refractivity contribution is 7.99. The Labute approximate surface area is 145 Å². The van der Waals surface area contributed by atoms with Crippen LogP contribution in [0.5, 0.6) is 11.5 Å². The molecule has 6 heteroatoms. The van der Waals surface area contributed by atoms with Gasteiger partial charge in [0.15, 0.2) is 0 Å². The second-order valence-electron chi connectivity index (χ2n) is 4.94. The van der Waals surface area contributed by atoms with E-state index in [1.807, 2.05) is 54.6 Å². The summed E-state index contributed by atoms with van der Waals surface area (Å²) in [7, 11) is 1.62. The van der Waals surface area contributed by atoms with Gasteiger partial charge in [-0.25, -0.2) is 0 Å².